The Balaban J connectivity index is 1.26. The molecule has 35 heavy (non-hydrogen) atoms. The van der Waals surface area contributed by atoms with Crippen LogP contribution in [0.25, 0.3) is 10.9 Å². The third kappa shape index (κ3) is 5.87. The van der Waals surface area contributed by atoms with Crippen molar-refractivity contribution in [3.8, 4) is 0 Å². The number of ether oxygens (including phenoxy) is 1. The standard InChI is InChI=1S/C27H32N4O3S/c32-25(28-20-11-13-21(14-12-20)30-15-5-1-2-6-16-30)19-35-27-29-24-10-4-3-9-23(24)26(33)31(27)18-22-8-7-17-34-22/h3-4,9-14,22H,1-2,5-8,15-19H2,(H,28,32). The molecule has 2 aliphatic heterocycles. The number of benzene rings is 2. The molecule has 3 heterocycles. The van der Waals surface area contributed by atoms with Crippen LogP contribution in [-0.4, -0.2) is 47.0 Å². The van der Waals surface area contributed by atoms with Crippen molar-refractivity contribution in [2.24, 2.45) is 0 Å². The Morgan fingerprint density at radius 1 is 1.03 bits per heavy atom. The van der Waals surface area contributed by atoms with Crippen LogP contribution in [0.2, 0.25) is 0 Å². The van der Waals surface area contributed by atoms with Gasteiger partial charge in [-0.15, -0.1) is 0 Å². The maximum atomic E-state index is 13.2. The number of thioether (sulfide) groups is 1. The summed E-state index contributed by atoms with van der Waals surface area (Å²) >= 11 is 1.29. The SMILES string of the molecule is O=C(CSc1nc2ccccc2c(=O)n1CC1CCCO1)Nc1ccc(N2CCCCCC2)cc1. The minimum Gasteiger partial charge on any atom is -0.376 e. The number of nitrogens with one attached hydrogen (secondary N) is 1. The molecule has 1 atom stereocenters. The van der Waals surface area contributed by atoms with E-state index in [9.17, 15) is 9.59 Å². The zero-order valence-electron chi connectivity index (χ0n) is 19.9. The van der Waals surface area contributed by atoms with Gasteiger partial charge in [0.05, 0.1) is 29.3 Å². The molecule has 0 bridgehead atoms. The summed E-state index contributed by atoms with van der Waals surface area (Å²) in [5.41, 5.74) is 2.54. The maximum Gasteiger partial charge on any atom is 0.262 e. The number of hydrogen-bond donors (Lipinski definition) is 1. The molecule has 5 rings (SSSR count). The molecule has 3 aromatic rings. The van der Waals surface area contributed by atoms with Gasteiger partial charge in [-0.1, -0.05) is 36.7 Å². The van der Waals surface area contributed by atoms with Gasteiger partial charge < -0.3 is 15.0 Å². The van der Waals surface area contributed by atoms with E-state index in [1.807, 2.05) is 30.3 Å². The van der Waals surface area contributed by atoms with E-state index in [0.717, 1.165) is 38.2 Å². The number of rotatable bonds is 7. The summed E-state index contributed by atoms with van der Waals surface area (Å²) in [6, 6.07) is 15.4. The summed E-state index contributed by atoms with van der Waals surface area (Å²) in [6.45, 7) is 3.36. The number of hydrogen-bond acceptors (Lipinski definition) is 6. The molecule has 0 radical (unpaired) electrons. The first-order chi connectivity index (χ1) is 17.2. The fraction of sp³-hybridized carbons (Fsp3) is 0.444. The van der Waals surface area contributed by atoms with E-state index in [4.69, 9.17) is 9.72 Å². The number of amides is 1. The molecule has 1 N–H and O–H groups in total. The second-order valence-electron chi connectivity index (χ2n) is 9.25. The van der Waals surface area contributed by atoms with E-state index in [1.54, 1.807) is 10.6 Å². The van der Waals surface area contributed by atoms with Gasteiger partial charge in [0.15, 0.2) is 5.16 Å². The molecule has 1 amide bonds. The molecule has 2 aliphatic rings. The van der Waals surface area contributed by atoms with Crippen molar-refractivity contribution in [1.29, 1.82) is 0 Å². The van der Waals surface area contributed by atoms with Crippen LogP contribution in [0.3, 0.4) is 0 Å². The van der Waals surface area contributed by atoms with Crippen LogP contribution in [0.15, 0.2) is 58.5 Å². The van der Waals surface area contributed by atoms with Crippen LogP contribution >= 0.6 is 11.8 Å². The predicted molar refractivity (Wildman–Crippen MR) is 141 cm³/mol. The number of carbonyl (C=O) groups excluding carboxylic acids is 1. The molecule has 2 fully saturated rings. The zero-order chi connectivity index (χ0) is 24.0. The Morgan fingerprint density at radius 3 is 2.54 bits per heavy atom. The van der Waals surface area contributed by atoms with E-state index in [-0.39, 0.29) is 23.3 Å². The highest BCUT2D eigenvalue weighted by Gasteiger charge is 2.21. The Labute approximate surface area is 209 Å². The summed E-state index contributed by atoms with van der Waals surface area (Å²) < 4.78 is 7.44. The topological polar surface area (TPSA) is 76.5 Å². The first-order valence-electron chi connectivity index (χ1n) is 12.6. The van der Waals surface area contributed by atoms with Gasteiger partial charge in [-0.2, -0.15) is 0 Å². The lowest BCUT2D eigenvalue weighted by Gasteiger charge is -2.22. The van der Waals surface area contributed by atoms with Gasteiger partial charge >= 0.3 is 0 Å². The number of carbonyl (C=O) groups is 1. The number of para-hydroxylation sites is 1. The molecule has 2 aromatic carbocycles. The highest BCUT2D eigenvalue weighted by atomic mass is 32.2. The summed E-state index contributed by atoms with van der Waals surface area (Å²) in [5, 5.41) is 4.12. The molecule has 1 aromatic heterocycles. The number of anilines is 2. The summed E-state index contributed by atoms with van der Waals surface area (Å²) in [5.74, 6) is 0.0491. The monoisotopic (exact) mass is 492 g/mol. The Kier molecular flexibility index (Phi) is 7.69. The molecule has 1 unspecified atom stereocenters. The quantitative estimate of drug-likeness (QED) is 0.381. The number of fused-ring (bicyclic) bond motifs is 1. The molecule has 0 saturated carbocycles. The van der Waals surface area contributed by atoms with Gasteiger partial charge in [0.2, 0.25) is 5.91 Å². The van der Waals surface area contributed by atoms with Crippen LogP contribution < -0.4 is 15.8 Å². The largest absolute Gasteiger partial charge is 0.376 e. The summed E-state index contributed by atoms with van der Waals surface area (Å²) in [6.07, 6.45) is 7.00. The Bertz CT molecular complexity index is 1210. The van der Waals surface area contributed by atoms with Crippen LogP contribution in [0, 0.1) is 0 Å². The van der Waals surface area contributed by atoms with Crippen molar-refractivity contribution in [2.45, 2.75) is 56.3 Å². The fourth-order valence-corrected chi connectivity index (χ4v) is 5.63. The van der Waals surface area contributed by atoms with Gasteiger partial charge in [0.25, 0.3) is 5.56 Å². The van der Waals surface area contributed by atoms with Crippen LogP contribution in [0.5, 0.6) is 0 Å². The molecule has 8 heteroatoms. The van der Waals surface area contributed by atoms with Crippen molar-refractivity contribution in [2.75, 3.05) is 35.7 Å². The second-order valence-corrected chi connectivity index (χ2v) is 10.2. The molecular formula is C27H32N4O3S. The Hall–Kier alpha value is -2.84. The normalized spacial score (nSPS) is 18.5. The minimum absolute atomic E-state index is 0.00607. The third-order valence-corrected chi connectivity index (χ3v) is 7.67. The van der Waals surface area contributed by atoms with E-state index >= 15 is 0 Å². The maximum absolute atomic E-state index is 13.2. The lowest BCUT2D eigenvalue weighted by molar-refractivity contribution is -0.113. The molecule has 0 aliphatic carbocycles. The zero-order valence-corrected chi connectivity index (χ0v) is 20.8. The number of nitrogens with zero attached hydrogens (tertiary/aromatic N) is 3. The van der Waals surface area contributed by atoms with Crippen LogP contribution in [-0.2, 0) is 16.1 Å². The van der Waals surface area contributed by atoms with Crippen molar-refractivity contribution in [1.82, 2.24) is 9.55 Å². The Morgan fingerprint density at radius 2 is 1.80 bits per heavy atom. The molecule has 2 saturated heterocycles. The molecule has 0 spiro atoms. The fourth-order valence-electron chi connectivity index (χ4n) is 4.82. The molecule has 7 nitrogen and oxygen atoms in total. The van der Waals surface area contributed by atoms with Gasteiger partial charge in [0.1, 0.15) is 0 Å². The van der Waals surface area contributed by atoms with E-state index in [0.29, 0.717) is 22.6 Å². The first-order valence-corrected chi connectivity index (χ1v) is 13.5. The highest BCUT2D eigenvalue weighted by Crippen LogP contribution is 2.23. The predicted octanol–water partition coefficient (Wildman–Crippen LogP) is 4.69. The van der Waals surface area contributed by atoms with Crippen LogP contribution in [0.4, 0.5) is 11.4 Å². The lowest BCUT2D eigenvalue weighted by Crippen LogP contribution is -2.29. The van der Waals surface area contributed by atoms with Gasteiger partial charge in [-0.3, -0.25) is 14.2 Å². The third-order valence-electron chi connectivity index (χ3n) is 6.69. The van der Waals surface area contributed by atoms with Crippen LogP contribution in [0.1, 0.15) is 38.5 Å². The second kappa shape index (κ2) is 11.3. The molecular weight excluding hydrogens is 460 g/mol. The van der Waals surface area contributed by atoms with E-state index < -0.39 is 0 Å². The van der Waals surface area contributed by atoms with E-state index in [2.05, 4.69) is 22.3 Å². The van der Waals surface area contributed by atoms with E-state index in [1.165, 1.54) is 43.1 Å². The van der Waals surface area contributed by atoms with Crippen molar-refractivity contribution in [3.63, 3.8) is 0 Å². The first kappa shape index (κ1) is 23.9. The number of aromatic nitrogens is 2. The van der Waals surface area contributed by atoms with Crippen molar-refractivity contribution >= 4 is 39.9 Å². The van der Waals surface area contributed by atoms with Gasteiger partial charge in [-0.05, 0) is 62.1 Å². The molecule has 184 valence electrons. The van der Waals surface area contributed by atoms with Gasteiger partial charge in [-0.25, -0.2) is 4.98 Å². The lowest BCUT2D eigenvalue weighted by atomic mass is 10.2. The van der Waals surface area contributed by atoms with Crippen molar-refractivity contribution in [3.05, 3.63) is 58.9 Å². The average Bonchev–Trinajstić information content (AvgIpc) is 3.24. The van der Waals surface area contributed by atoms with Crippen molar-refractivity contribution < 1.29 is 9.53 Å². The smallest absolute Gasteiger partial charge is 0.262 e. The average molecular weight is 493 g/mol. The summed E-state index contributed by atoms with van der Waals surface area (Å²) in [4.78, 5) is 33.1. The highest BCUT2D eigenvalue weighted by molar-refractivity contribution is 7.99. The van der Waals surface area contributed by atoms with Gasteiger partial charge in [0, 0.05) is 31.1 Å². The summed E-state index contributed by atoms with van der Waals surface area (Å²) in [7, 11) is 0. The minimum atomic E-state index is -0.122.